The van der Waals surface area contributed by atoms with Gasteiger partial charge in [-0.1, -0.05) is 64.3 Å². The van der Waals surface area contributed by atoms with Gasteiger partial charge in [0.1, 0.15) is 17.6 Å². The number of nitrogens with zero attached hydrogens (tertiary/aromatic N) is 2. The first-order valence-electron chi connectivity index (χ1n) is 13.2. The SMILES string of the molecule is CCCCCN1CC=C[C@]23O[C@@]4(C)C=CCCOC(=O)[C@H]4[C@H]2C(=O)N([C@@H](CO)[C@@H](C)CC)C3C1=O. The molecule has 0 saturated carbocycles. The van der Waals surface area contributed by atoms with Crippen molar-refractivity contribution in [2.45, 2.75) is 83.1 Å². The average molecular weight is 489 g/mol. The van der Waals surface area contributed by atoms with Gasteiger partial charge in [-0.25, -0.2) is 0 Å². The van der Waals surface area contributed by atoms with E-state index >= 15 is 0 Å². The summed E-state index contributed by atoms with van der Waals surface area (Å²) in [5.41, 5.74) is -2.38. The largest absolute Gasteiger partial charge is 0.465 e. The molecule has 35 heavy (non-hydrogen) atoms. The Morgan fingerprint density at radius 3 is 2.57 bits per heavy atom. The fourth-order valence-electron chi connectivity index (χ4n) is 6.40. The highest BCUT2D eigenvalue weighted by molar-refractivity contribution is 5.99. The van der Waals surface area contributed by atoms with Crippen molar-refractivity contribution >= 4 is 17.8 Å². The number of hydrogen-bond acceptors (Lipinski definition) is 6. The van der Waals surface area contributed by atoms with Crippen molar-refractivity contribution in [3.63, 3.8) is 0 Å². The Morgan fingerprint density at radius 1 is 1.11 bits per heavy atom. The zero-order chi connectivity index (χ0) is 25.4. The molecule has 1 unspecified atom stereocenters. The first-order valence-corrected chi connectivity index (χ1v) is 13.2. The van der Waals surface area contributed by atoms with Gasteiger partial charge in [0.15, 0.2) is 0 Å². The third-order valence-electron chi connectivity index (χ3n) is 8.42. The van der Waals surface area contributed by atoms with Crippen molar-refractivity contribution in [1.82, 2.24) is 9.80 Å². The van der Waals surface area contributed by atoms with Crippen molar-refractivity contribution in [3.05, 3.63) is 24.3 Å². The van der Waals surface area contributed by atoms with E-state index in [0.717, 1.165) is 25.7 Å². The number of carbonyl (C=O) groups excluding carboxylic acids is 3. The number of carbonyl (C=O) groups is 3. The molecule has 4 aliphatic rings. The van der Waals surface area contributed by atoms with Gasteiger partial charge in [-0.3, -0.25) is 14.4 Å². The van der Waals surface area contributed by atoms with E-state index in [1.54, 1.807) is 9.80 Å². The maximum absolute atomic E-state index is 14.2. The third kappa shape index (κ3) is 4.12. The van der Waals surface area contributed by atoms with Crippen LogP contribution >= 0.6 is 0 Å². The maximum Gasteiger partial charge on any atom is 0.313 e. The van der Waals surface area contributed by atoms with Gasteiger partial charge in [0, 0.05) is 13.1 Å². The molecular weight excluding hydrogens is 448 g/mol. The number of unbranched alkanes of at least 4 members (excludes halogenated alkanes) is 2. The Bertz CT molecular complexity index is 902. The molecule has 7 atom stereocenters. The van der Waals surface area contributed by atoms with Crippen LogP contribution in [0.3, 0.4) is 0 Å². The molecule has 8 nitrogen and oxygen atoms in total. The molecule has 0 aromatic carbocycles. The second-order valence-corrected chi connectivity index (χ2v) is 10.6. The van der Waals surface area contributed by atoms with Gasteiger partial charge >= 0.3 is 5.97 Å². The molecule has 1 N–H and O–H groups in total. The molecule has 8 heteroatoms. The molecule has 0 radical (unpaired) electrons. The number of amides is 2. The fraction of sp³-hybridized carbons (Fsp3) is 0.741. The van der Waals surface area contributed by atoms with Crippen molar-refractivity contribution < 1.29 is 29.0 Å². The van der Waals surface area contributed by atoms with Gasteiger partial charge in [-0.2, -0.15) is 0 Å². The van der Waals surface area contributed by atoms with Crippen LogP contribution in [0.1, 0.15) is 59.8 Å². The van der Waals surface area contributed by atoms with Crippen LogP contribution in [-0.4, -0.2) is 82.3 Å². The highest BCUT2D eigenvalue weighted by Gasteiger charge is 2.75. The average Bonchev–Trinajstić information content (AvgIpc) is 3.15. The molecule has 2 amide bonds. The zero-order valence-electron chi connectivity index (χ0n) is 21.4. The van der Waals surface area contributed by atoms with Crippen LogP contribution in [0.2, 0.25) is 0 Å². The number of ether oxygens (including phenoxy) is 2. The molecule has 2 fully saturated rings. The lowest BCUT2D eigenvalue weighted by Gasteiger charge is -2.41. The summed E-state index contributed by atoms with van der Waals surface area (Å²) in [5, 5.41) is 10.4. The first kappa shape index (κ1) is 25.9. The summed E-state index contributed by atoms with van der Waals surface area (Å²) in [6.07, 6.45) is 11.8. The molecule has 4 rings (SSSR count). The van der Waals surface area contributed by atoms with Gasteiger partial charge in [0.2, 0.25) is 11.8 Å². The highest BCUT2D eigenvalue weighted by Crippen LogP contribution is 2.57. The summed E-state index contributed by atoms with van der Waals surface area (Å²) >= 11 is 0. The standard InChI is InChI=1S/C27H40N2O6/c1-5-7-9-14-28-15-11-13-27-20(21-25(33)34-16-10-8-12-26(21,4)35-27)23(31)29(22(27)24(28)32)19(17-30)18(3)6-2/h8,11-13,18-22,30H,5-7,9-10,14-17H2,1-4H3/t18-,19-,20-,21+,22?,26-,27-/m0/s1. The number of cyclic esters (lactones) is 1. The van der Waals surface area contributed by atoms with Crippen LogP contribution < -0.4 is 0 Å². The number of hydrogen-bond donors (Lipinski definition) is 1. The predicted octanol–water partition coefficient (Wildman–Crippen LogP) is 2.46. The number of aliphatic hydroxyl groups is 1. The number of esters is 1. The third-order valence-corrected chi connectivity index (χ3v) is 8.42. The first-order chi connectivity index (χ1) is 16.8. The van der Waals surface area contributed by atoms with Crippen LogP contribution in [0.4, 0.5) is 0 Å². The molecule has 2 saturated heterocycles. The summed E-state index contributed by atoms with van der Waals surface area (Å²) in [4.78, 5) is 45.0. The van der Waals surface area contributed by atoms with Crippen LogP contribution in [0.5, 0.6) is 0 Å². The zero-order valence-corrected chi connectivity index (χ0v) is 21.4. The monoisotopic (exact) mass is 488 g/mol. The number of rotatable bonds is 8. The van der Waals surface area contributed by atoms with E-state index in [4.69, 9.17) is 9.47 Å². The number of fused-ring (bicyclic) bond motifs is 2. The number of aliphatic hydroxyl groups excluding tert-OH is 1. The second kappa shape index (κ2) is 10.1. The van der Waals surface area contributed by atoms with Crippen molar-refractivity contribution in [2.24, 2.45) is 17.8 Å². The van der Waals surface area contributed by atoms with Crippen LogP contribution in [0.25, 0.3) is 0 Å². The lowest BCUT2D eigenvalue weighted by Crippen LogP contribution is -2.59. The quantitative estimate of drug-likeness (QED) is 0.320. The summed E-state index contributed by atoms with van der Waals surface area (Å²) in [7, 11) is 0. The normalized spacial score (nSPS) is 36.1. The molecular formula is C27H40N2O6. The lowest BCUT2D eigenvalue weighted by molar-refractivity contribution is -0.162. The minimum Gasteiger partial charge on any atom is -0.465 e. The van der Waals surface area contributed by atoms with Crippen molar-refractivity contribution in [3.8, 4) is 0 Å². The molecule has 1 spiro atoms. The van der Waals surface area contributed by atoms with E-state index in [1.807, 2.05) is 45.1 Å². The Labute approximate surface area is 208 Å². The van der Waals surface area contributed by atoms with Crippen LogP contribution in [0, 0.1) is 17.8 Å². The van der Waals surface area contributed by atoms with Crippen LogP contribution in [0.15, 0.2) is 24.3 Å². The Morgan fingerprint density at radius 2 is 1.89 bits per heavy atom. The van der Waals surface area contributed by atoms with Gasteiger partial charge in [-0.05, 0) is 25.7 Å². The van der Waals surface area contributed by atoms with Gasteiger partial charge < -0.3 is 24.4 Å². The van der Waals surface area contributed by atoms with E-state index in [0.29, 0.717) is 19.5 Å². The Kier molecular flexibility index (Phi) is 7.44. The maximum atomic E-state index is 14.2. The molecule has 0 aliphatic carbocycles. The van der Waals surface area contributed by atoms with Gasteiger partial charge in [0.05, 0.1) is 30.8 Å². The summed E-state index contributed by atoms with van der Waals surface area (Å²) in [5.74, 6) is -2.78. The smallest absolute Gasteiger partial charge is 0.313 e. The summed E-state index contributed by atoms with van der Waals surface area (Å²) in [6.45, 7) is 8.90. The second-order valence-electron chi connectivity index (χ2n) is 10.6. The Hall–Kier alpha value is -2.19. The number of likely N-dealkylation sites (tertiary alicyclic amines) is 1. The predicted molar refractivity (Wildman–Crippen MR) is 130 cm³/mol. The summed E-state index contributed by atoms with van der Waals surface area (Å²) < 4.78 is 12.3. The van der Waals surface area contributed by atoms with Gasteiger partial charge in [0.25, 0.3) is 0 Å². The van der Waals surface area contributed by atoms with Crippen molar-refractivity contribution in [1.29, 1.82) is 0 Å². The molecule has 4 aliphatic heterocycles. The molecule has 0 aromatic heterocycles. The van der Waals surface area contributed by atoms with Crippen molar-refractivity contribution in [2.75, 3.05) is 26.3 Å². The minimum atomic E-state index is -1.30. The topological polar surface area (TPSA) is 96.4 Å². The van der Waals surface area contributed by atoms with Crippen LogP contribution in [-0.2, 0) is 23.9 Å². The molecule has 0 aromatic rings. The highest BCUT2D eigenvalue weighted by atomic mass is 16.6. The van der Waals surface area contributed by atoms with E-state index in [2.05, 4.69) is 6.92 Å². The summed E-state index contributed by atoms with van der Waals surface area (Å²) in [6, 6.07) is -1.50. The lowest BCUT2D eigenvalue weighted by atomic mass is 9.74. The minimum absolute atomic E-state index is 0.0380. The van der Waals surface area contributed by atoms with Gasteiger partial charge in [-0.15, -0.1) is 0 Å². The van der Waals surface area contributed by atoms with E-state index < -0.39 is 41.1 Å². The molecule has 4 heterocycles. The van der Waals surface area contributed by atoms with E-state index in [-0.39, 0.29) is 30.9 Å². The van der Waals surface area contributed by atoms with E-state index in [9.17, 15) is 19.5 Å². The molecule has 0 bridgehead atoms. The Balaban J connectivity index is 1.85. The van der Waals surface area contributed by atoms with E-state index in [1.165, 1.54) is 0 Å². The fourth-order valence-corrected chi connectivity index (χ4v) is 6.40. The molecule has 194 valence electrons.